The molecule has 0 saturated heterocycles. The van der Waals surface area contributed by atoms with E-state index in [0.717, 1.165) is 47.8 Å². The van der Waals surface area contributed by atoms with Crippen molar-refractivity contribution in [3.05, 3.63) is 76.0 Å². The summed E-state index contributed by atoms with van der Waals surface area (Å²) in [6.07, 6.45) is 7.13. The normalized spacial score (nSPS) is 15.9. The maximum absolute atomic E-state index is 13.5. The number of aliphatic carboxylic acids is 1. The fraction of sp³-hybridized carbons (Fsp3) is 0.333. The highest BCUT2D eigenvalue weighted by Gasteiger charge is 2.24. The van der Waals surface area contributed by atoms with E-state index in [1.807, 2.05) is 54.0 Å². The molecular formula is C27H28N4O3. The minimum Gasteiger partial charge on any atom is -0.480 e. The average molecular weight is 457 g/mol. The highest BCUT2D eigenvalue weighted by atomic mass is 16.4. The smallest absolute Gasteiger partial charge is 0.326 e. The Hall–Kier alpha value is -3.74. The second-order valence-electron chi connectivity index (χ2n) is 9.08. The van der Waals surface area contributed by atoms with Crippen LogP contribution in [0.1, 0.15) is 68.1 Å². The molecule has 7 heteroatoms. The van der Waals surface area contributed by atoms with Crippen molar-refractivity contribution in [2.45, 2.75) is 57.9 Å². The lowest BCUT2D eigenvalue weighted by atomic mass is 9.88. The molecule has 0 aliphatic heterocycles. The predicted molar refractivity (Wildman–Crippen MR) is 134 cm³/mol. The Morgan fingerprint density at radius 3 is 2.50 bits per heavy atom. The number of rotatable bonds is 5. The van der Waals surface area contributed by atoms with Crippen LogP contribution in [-0.4, -0.2) is 31.5 Å². The van der Waals surface area contributed by atoms with Gasteiger partial charge in [-0.1, -0.05) is 49.6 Å². The number of fused-ring (bicyclic) bond motifs is 2. The van der Waals surface area contributed by atoms with Crippen LogP contribution in [0, 0.1) is 6.92 Å². The maximum Gasteiger partial charge on any atom is 0.326 e. The van der Waals surface area contributed by atoms with Crippen LogP contribution in [0.5, 0.6) is 0 Å². The quantitative estimate of drug-likeness (QED) is 0.416. The molecule has 0 radical (unpaired) electrons. The molecule has 174 valence electrons. The summed E-state index contributed by atoms with van der Waals surface area (Å²) in [7, 11) is 0. The lowest BCUT2D eigenvalue weighted by Gasteiger charge is -2.22. The maximum atomic E-state index is 13.5. The summed E-state index contributed by atoms with van der Waals surface area (Å²) in [5, 5.41) is 15.8. The second kappa shape index (κ2) is 8.89. The molecule has 7 nitrogen and oxygen atoms in total. The first-order valence-electron chi connectivity index (χ1n) is 11.9. The number of hydrogen-bond donors (Lipinski definition) is 1. The molecule has 1 aliphatic carbocycles. The molecule has 1 saturated carbocycles. The third-order valence-corrected chi connectivity index (χ3v) is 7.00. The molecule has 0 bridgehead atoms. The van der Waals surface area contributed by atoms with Crippen molar-refractivity contribution in [3.8, 4) is 0 Å². The standard InChI is InChI=1S/C27H28N4O3/c1-17-22(20-12-7-9-15-24(20)30(17)18(2)27(33)34)16-28-31-25(19-10-4-3-5-11-19)29-23-14-8-6-13-21(23)26(31)32/h6-9,12-16,18-19H,3-5,10-11H2,1-2H3,(H,33,34)/t18-/m0/s1. The van der Waals surface area contributed by atoms with E-state index in [-0.39, 0.29) is 11.5 Å². The summed E-state index contributed by atoms with van der Waals surface area (Å²) in [5.74, 6) is -0.000464. The van der Waals surface area contributed by atoms with Gasteiger partial charge in [-0.15, -0.1) is 0 Å². The summed E-state index contributed by atoms with van der Waals surface area (Å²) in [5.41, 5.74) is 2.94. The molecule has 0 unspecified atom stereocenters. The Morgan fingerprint density at radius 2 is 1.76 bits per heavy atom. The van der Waals surface area contributed by atoms with Crippen LogP contribution >= 0.6 is 0 Å². The fourth-order valence-corrected chi connectivity index (χ4v) is 5.18. The molecule has 2 aromatic heterocycles. The number of carboxylic acids is 1. The molecule has 2 aromatic carbocycles. The van der Waals surface area contributed by atoms with E-state index < -0.39 is 12.0 Å². The number of benzene rings is 2. The molecule has 4 aromatic rings. The highest BCUT2D eigenvalue weighted by Crippen LogP contribution is 2.32. The van der Waals surface area contributed by atoms with Gasteiger partial charge in [0.2, 0.25) is 0 Å². The predicted octanol–water partition coefficient (Wildman–Crippen LogP) is 5.24. The number of carbonyl (C=O) groups is 1. The number of aromatic nitrogens is 3. The van der Waals surface area contributed by atoms with Crippen LogP contribution in [0.15, 0.2) is 58.4 Å². The lowest BCUT2D eigenvalue weighted by molar-refractivity contribution is -0.140. The number of hydrogen-bond acceptors (Lipinski definition) is 4. The summed E-state index contributed by atoms with van der Waals surface area (Å²) in [4.78, 5) is 30.1. The molecule has 5 rings (SSSR count). The first-order valence-corrected chi connectivity index (χ1v) is 11.9. The average Bonchev–Trinajstić information content (AvgIpc) is 3.14. The molecule has 1 aliphatic rings. The van der Waals surface area contributed by atoms with Crippen LogP contribution in [0.3, 0.4) is 0 Å². The summed E-state index contributed by atoms with van der Waals surface area (Å²) >= 11 is 0. The van der Waals surface area contributed by atoms with Gasteiger partial charge in [-0.2, -0.15) is 9.78 Å². The summed E-state index contributed by atoms with van der Waals surface area (Å²) in [6, 6.07) is 14.4. The van der Waals surface area contributed by atoms with Crippen molar-refractivity contribution in [1.29, 1.82) is 0 Å². The van der Waals surface area contributed by atoms with Crippen molar-refractivity contribution in [3.63, 3.8) is 0 Å². The molecule has 1 fully saturated rings. The molecular weight excluding hydrogens is 428 g/mol. The van der Waals surface area contributed by atoms with Crippen molar-refractivity contribution < 1.29 is 9.90 Å². The summed E-state index contributed by atoms with van der Waals surface area (Å²) < 4.78 is 3.27. The Balaban J connectivity index is 1.70. The second-order valence-corrected chi connectivity index (χ2v) is 9.08. The zero-order valence-electron chi connectivity index (χ0n) is 19.4. The van der Waals surface area contributed by atoms with Gasteiger partial charge in [-0.05, 0) is 44.9 Å². The largest absolute Gasteiger partial charge is 0.480 e. The van der Waals surface area contributed by atoms with Crippen LogP contribution in [0.2, 0.25) is 0 Å². The highest BCUT2D eigenvalue weighted by molar-refractivity contribution is 6.01. The van der Waals surface area contributed by atoms with E-state index in [1.165, 1.54) is 11.1 Å². The fourth-order valence-electron chi connectivity index (χ4n) is 5.18. The van der Waals surface area contributed by atoms with Crippen LogP contribution in [-0.2, 0) is 4.79 Å². The van der Waals surface area contributed by atoms with Gasteiger partial charge >= 0.3 is 5.97 Å². The first-order chi connectivity index (χ1) is 16.5. The van der Waals surface area contributed by atoms with Crippen molar-refractivity contribution in [1.82, 2.24) is 14.2 Å². The van der Waals surface area contributed by atoms with Gasteiger partial charge in [0.15, 0.2) is 0 Å². The van der Waals surface area contributed by atoms with Crippen molar-refractivity contribution in [2.75, 3.05) is 0 Å². The van der Waals surface area contributed by atoms with Gasteiger partial charge < -0.3 is 9.67 Å². The number of para-hydroxylation sites is 2. The van der Waals surface area contributed by atoms with Crippen LogP contribution < -0.4 is 5.56 Å². The van der Waals surface area contributed by atoms with E-state index in [4.69, 9.17) is 4.98 Å². The molecule has 1 N–H and O–H groups in total. The third kappa shape index (κ3) is 3.71. The Kier molecular flexibility index (Phi) is 5.77. The number of nitrogens with zero attached hydrogens (tertiary/aromatic N) is 4. The van der Waals surface area contributed by atoms with Gasteiger partial charge in [0.25, 0.3) is 5.56 Å². The Bertz CT molecular complexity index is 1470. The molecule has 2 heterocycles. The van der Waals surface area contributed by atoms with Gasteiger partial charge in [0.05, 0.1) is 17.1 Å². The zero-order valence-corrected chi connectivity index (χ0v) is 19.4. The van der Waals surface area contributed by atoms with Crippen LogP contribution in [0.25, 0.3) is 21.8 Å². The van der Waals surface area contributed by atoms with Gasteiger partial charge in [0, 0.05) is 28.1 Å². The zero-order chi connectivity index (χ0) is 23.8. The SMILES string of the molecule is Cc1c(C=Nn2c(C3CCCCC3)nc3ccccc3c2=O)c2ccccc2n1[C@@H](C)C(=O)O. The molecule has 0 amide bonds. The lowest BCUT2D eigenvalue weighted by Crippen LogP contribution is -2.25. The van der Waals surface area contributed by atoms with E-state index >= 15 is 0 Å². The van der Waals surface area contributed by atoms with Gasteiger partial charge in [-0.3, -0.25) is 4.79 Å². The Labute approximate surface area is 197 Å². The van der Waals surface area contributed by atoms with Crippen molar-refractivity contribution in [2.24, 2.45) is 5.10 Å². The van der Waals surface area contributed by atoms with Gasteiger partial charge in [-0.25, -0.2) is 9.78 Å². The first kappa shape index (κ1) is 22.1. The summed E-state index contributed by atoms with van der Waals surface area (Å²) in [6.45, 7) is 3.56. The van der Waals surface area contributed by atoms with Crippen molar-refractivity contribution >= 4 is 34.0 Å². The van der Waals surface area contributed by atoms with Crippen LogP contribution in [0.4, 0.5) is 0 Å². The van der Waals surface area contributed by atoms with E-state index in [2.05, 4.69) is 5.10 Å². The topological polar surface area (TPSA) is 89.5 Å². The third-order valence-electron chi connectivity index (χ3n) is 7.00. The minimum absolute atomic E-state index is 0.178. The van der Waals surface area contributed by atoms with E-state index in [1.54, 1.807) is 19.2 Å². The number of carboxylic acid groups (broad SMARTS) is 1. The van der Waals surface area contributed by atoms with E-state index in [0.29, 0.717) is 16.7 Å². The molecule has 1 atom stereocenters. The monoisotopic (exact) mass is 456 g/mol. The molecule has 0 spiro atoms. The Morgan fingerprint density at radius 1 is 1.09 bits per heavy atom. The van der Waals surface area contributed by atoms with E-state index in [9.17, 15) is 14.7 Å². The van der Waals surface area contributed by atoms with Gasteiger partial charge in [0.1, 0.15) is 11.9 Å². The molecule has 34 heavy (non-hydrogen) atoms. The minimum atomic E-state index is -0.901.